The first-order chi connectivity index (χ1) is 6.47. The molecule has 0 fully saturated rings. The lowest BCUT2D eigenvalue weighted by Gasteiger charge is -2.27. The van der Waals surface area contributed by atoms with Gasteiger partial charge in [-0.05, 0) is 43.4 Å². The van der Waals surface area contributed by atoms with Gasteiger partial charge in [-0.25, -0.2) is 0 Å². The molecule has 0 radical (unpaired) electrons. The Kier molecular flexibility index (Phi) is 3.33. The minimum Gasteiger partial charge on any atom is -0.330 e. The van der Waals surface area contributed by atoms with Crippen molar-refractivity contribution in [3.05, 3.63) is 34.9 Å². The molecule has 1 nitrogen and oxygen atoms in total. The summed E-state index contributed by atoms with van der Waals surface area (Å²) < 4.78 is 0. The van der Waals surface area contributed by atoms with Crippen LogP contribution in [0.25, 0.3) is 0 Å². The second kappa shape index (κ2) is 4.14. The van der Waals surface area contributed by atoms with Gasteiger partial charge in [-0.1, -0.05) is 37.6 Å². The van der Waals surface area contributed by atoms with Crippen LogP contribution in [0.5, 0.6) is 0 Å². The summed E-state index contributed by atoms with van der Waals surface area (Å²) in [5.41, 5.74) is 9.97. The maximum absolute atomic E-state index is 5.64. The molecule has 1 aromatic rings. The van der Waals surface area contributed by atoms with E-state index in [4.69, 9.17) is 5.73 Å². The fraction of sp³-hybridized carbons (Fsp3) is 0.538. The summed E-state index contributed by atoms with van der Waals surface area (Å²) in [5.74, 6) is 0. The summed E-state index contributed by atoms with van der Waals surface area (Å²) in [7, 11) is 0. The highest BCUT2D eigenvalue weighted by Crippen LogP contribution is 2.29. The first kappa shape index (κ1) is 11.3. The molecule has 0 amide bonds. The molecule has 0 unspecified atom stereocenters. The van der Waals surface area contributed by atoms with Crippen LogP contribution >= 0.6 is 0 Å². The van der Waals surface area contributed by atoms with Gasteiger partial charge in [0.15, 0.2) is 0 Å². The fourth-order valence-corrected chi connectivity index (χ4v) is 1.96. The summed E-state index contributed by atoms with van der Waals surface area (Å²) in [6.45, 7) is 9.60. The maximum atomic E-state index is 5.64. The number of hydrogen-bond donors (Lipinski definition) is 1. The van der Waals surface area contributed by atoms with Crippen LogP contribution in [0.1, 0.15) is 37.0 Å². The van der Waals surface area contributed by atoms with Crippen molar-refractivity contribution in [2.75, 3.05) is 6.54 Å². The van der Waals surface area contributed by atoms with Crippen molar-refractivity contribution in [3.63, 3.8) is 0 Å². The normalized spacial score (nSPS) is 11.8. The van der Waals surface area contributed by atoms with Gasteiger partial charge in [0, 0.05) is 0 Å². The van der Waals surface area contributed by atoms with Gasteiger partial charge < -0.3 is 5.73 Å². The monoisotopic (exact) mass is 191 g/mol. The molecule has 0 spiro atoms. The van der Waals surface area contributed by atoms with Crippen molar-refractivity contribution >= 4 is 0 Å². The van der Waals surface area contributed by atoms with Crippen LogP contribution in [-0.4, -0.2) is 6.54 Å². The third-order valence-corrected chi connectivity index (χ3v) is 2.89. The molecule has 0 saturated carbocycles. The zero-order valence-electron chi connectivity index (χ0n) is 9.72. The van der Waals surface area contributed by atoms with E-state index >= 15 is 0 Å². The van der Waals surface area contributed by atoms with Crippen LogP contribution in [0.3, 0.4) is 0 Å². The molecule has 1 aromatic carbocycles. The van der Waals surface area contributed by atoms with E-state index < -0.39 is 0 Å². The summed E-state index contributed by atoms with van der Waals surface area (Å²) in [5, 5.41) is 0. The van der Waals surface area contributed by atoms with Crippen molar-refractivity contribution in [2.45, 2.75) is 39.5 Å². The van der Waals surface area contributed by atoms with Gasteiger partial charge in [0.2, 0.25) is 0 Å². The van der Waals surface area contributed by atoms with Crippen molar-refractivity contribution in [2.24, 2.45) is 5.73 Å². The molecule has 0 aliphatic carbocycles. The van der Waals surface area contributed by atoms with Gasteiger partial charge in [-0.2, -0.15) is 0 Å². The van der Waals surface area contributed by atoms with E-state index in [1.807, 2.05) is 0 Å². The number of benzene rings is 1. The van der Waals surface area contributed by atoms with Crippen molar-refractivity contribution in [3.8, 4) is 0 Å². The van der Waals surface area contributed by atoms with Crippen molar-refractivity contribution in [1.29, 1.82) is 0 Å². The summed E-state index contributed by atoms with van der Waals surface area (Å²) in [6, 6.07) is 6.64. The highest BCUT2D eigenvalue weighted by Gasteiger charge is 2.21. The summed E-state index contributed by atoms with van der Waals surface area (Å²) >= 11 is 0. The minimum absolute atomic E-state index is 0.199. The molecule has 1 heteroatoms. The Hall–Kier alpha value is -0.820. The average molecular weight is 191 g/mol. The molecule has 0 aliphatic rings. The van der Waals surface area contributed by atoms with Crippen LogP contribution in [0.2, 0.25) is 0 Å². The Bertz CT molecular complexity index is 313. The molecule has 0 saturated heterocycles. The predicted molar refractivity (Wildman–Crippen MR) is 62.6 cm³/mol. The molecular formula is C13H21N. The van der Waals surface area contributed by atoms with Gasteiger partial charge in [-0.3, -0.25) is 0 Å². The molecule has 0 aromatic heterocycles. The smallest absolute Gasteiger partial charge is 0.00690 e. The third kappa shape index (κ3) is 2.36. The van der Waals surface area contributed by atoms with Crippen LogP contribution in [-0.2, 0) is 5.41 Å². The van der Waals surface area contributed by atoms with Gasteiger partial charge in [0.25, 0.3) is 0 Å². The maximum Gasteiger partial charge on any atom is -0.00690 e. The Morgan fingerprint density at radius 3 is 2.43 bits per heavy atom. The van der Waals surface area contributed by atoms with E-state index in [1.165, 1.54) is 16.7 Å². The Balaban J connectivity index is 3.10. The van der Waals surface area contributed by atoms with Crippen LogP contribution in [0.15, 0.2) is 18.2 Å². The van der Waals surface area contributed by atoms with E-state index in [1.54, 1.807) is 0 Å². The van der Waals surface area contributed by atoms with Crippen LogP contribution in [0.4, 0.5) is 0 Å². The third-order valence-electron chi connectivity index (χ3n) is 2.89. The fourth-order valence-electron chi connectivity index (χ4n) is 1.96. The molecule has 78 valence electrons. The van der Waals surface area contributed by atoms with Crippen molar-refractivity contribution < 1.29 is 0 Å². The van der Waals surface area contributed by atoms with E-state index in [0.717, 1.165) is 13.0 Å². The second-order valence-electron chi connectivity index (χ2n) is 4.74. The number of rotatable bonds is 3. The van der Waals surface area contributed by atoms with E-state index in [9.17, 15) is 0 Å². The van der Waals surface area contributed by atoms with Gasteiger partial charge in [0.05, 0.1) is 0 Å². The van der Waals surface area contributed by atoms with Crippen LogP contribution in [0, 0.1) is 13.8 Å². The Labute approximate surface area is 87.3 Å². The minimum atomic E-state index is 0.199. The Morgan fingerprint density at radius 1 is 1.21 bits per heavy atom. The van der Waals surface area contributed by atoms with Crippen molar-refractivity contribution in [1.82, 2.24) is 0 Å². The molecule has 0 atom stereocenters. The molecule has 1 rings (SSSR count). The van der Waals surface area contributed by atoms with Gasteiger partial charge >= 0.3 is 0 Å². The molecule has 0 bridgehead atoms. The lowest BCUT2D eigenvalue weighted by molar-refractivity contribution is 0.485. The number of nitrogens with two attached hydrogens (primary N) is 1. The lowest BCUT2D eigenvalue weighted by Crippen LogP contribution is -2.22. The summed E-state index contributed by atoms with van der Waals surface area (Å²) in [6.07, 6.45) is 1.04. The van der Waals surface area contributed by atoms with Crippen LogP contribution < -0.4 is 5.73 Å². The molecule has 2 N–H and O–H groups in total. The zero-order chi connectivity index (χ0) is 10.8. The SMILES string of the molecule is Cc1ccc(C)c(C(C)(C)CCN)c1. The highest BCUT2D eigenvalue weighted by atomic mass is 14.5. The lowest BCUT2D eigenvalue weighted by atomic mass is 9.79. The topological polar surface area (TPSA) is 26.0 Å². The van der Waals surface area contributed by atoms with Gasteiger partial charge in [0.1, 0.15) is 0 Å². The highest BCUT2D eigenvalue weighted by molar-refractivity contribution is 5.35. The molecule has 0 heterocycles. The molecular weight excluding hydrogens is 170 g/mol. The second-order valence-corrected chi connectivity index (χ2v) is 4.74. The van der Waals surface area contributed by atoms with E-state index in [-0.39, 0.29) is 5.41 Å². The molecule has 0 aliphatic heterocycles. The number of aryl methyl sites for hydroxylation is 2. The zero-order valence-corrected chi connectivity index (χ0v) is 9.72. The molecule has 14 heavy (non-hydrogen) atoms. The number of hydrogen-bond acceptors (Lipinski definition) is 1. The van der Waals surface area contributed by atoms with E-state index in [0.29, 0.717) is 0 Å². The summed E-state index contributed by atoms with van der Waals surface area (Å²) in [4.78, 5) is 0. The average Bonchev–Trinajstić information content (AvgIpc) is 2.09. The van der Waals surface area contributed by atoms with Gasteiger partial charge in [-0.15, -0.1) is 0 Å². The largest absolute Gasteiger partial charge is 0.330 e. The predicted octanol–water partition coefficient (Wildman–Crippen LogP) is 2.93. The first-order valence-corrected chi connectivity index (χ1v) is 5.25. The quantitative estimate of drug-likeness (QED) is 0.781. The standard InChI is InChI=1S/C13H21N/c1-10-5-6-11(2)12(9-10)13(3,4)7-8-14/h5-6,9H,7-8,14H2,1-4H3. The first-order valence-electron chi connectivity index (χ1n) is 5.25. The Morgan fingerprint density at radius 2 is 1.86 bits per heavy atom. The van der Waals surface area contributed by atoms with E-state index in [2.05, 4.69) is 45.9 Å².